The first-order valence-electron chi connectivity index (χ1n) is 9.44. The maximum absolute atomic E-state index is 12.2. The molecule has 0 radical (unpaired) electrons. The van der Waals surface area contributed by atoms with Gasteiger partial charge in [0.1, 0.15) is 11.5 Å². The number of amides is 1. The highest BCUT2D eigenvalue weighted by Gasteiger charge is 2.22. The first kappa shape index (κ1) is 20.1. The van der Waals surface area contributed by atoms with Crippen LogP contribution in [0.2, 0.25) is 0 Å². The summed E-state index contributed by atoms with van der Waals surface area (Å²) < 4.78 is 15.9. The van der Waals surface area contributed by atoms with Crippen molar-refractivity contribution in [3.05, 3.63) is 24.3 Å². The molecule has 1 amide bonds. The Labute approximate surface area is 155 Å². The molecule has 1 aromatic carbocycles. The van der Waals surface area contributed by atoms with Gasteiger partial charge in [0.2, 0.25) is 0 Å². The summed E-state index contributed by atoms with van der Waals surface area (Å²) in [7, 11) is 0. The molecule has 0 saturated heterocycles. The minimum atomic E-state index is -0.824. The molecule has 144 valence electrons. The van der Waals surface area contributed by atoms with Gasteiger partial charge in [-0.1, -0.05) is 25.7 Å². The van der Waals surface area contributed by atoms with E-state index in [0.29, 0.717) is 12.4 Å². The van der Waals surface area contributed by atoms with Gasteiger partial charge in [0.15, 0.2) is 12.7 Å². The van der Waals surface area contributed by atoms with Gasteiger partial charge in [-0.25, -0.2) is 4.79 Å². The maximum atomic E-state index is 12.2. The van der Waals surface area contributed by atoms with Crippen LogP contribution in [-0.2, 0) is 14.3 Å². The first-order valence-corrected chi connectivity index (χ1v) is 9.44. The van der Waals surface area contributed by atoms with Crippen molar-refractivity contribution in [2.75, 3.05) is 13.2 Å². The Balaban J connectivity index is 1.71. The second kappa shape index (κ2) is 10.7. The average molecular weight is 363 g/mol. The van der Waals surface area contributed by atoms with Crippen molar-refractivity contribution in [3.63, 3.8) is 0 Å². The second-order valence-corrected chi connectivity index (χ2v) is 6.52. The lowest BCUT2D eigenvalue weighted by molar-refractivity contribution is -0.156. The van der Waals surface area contributed by atoms with Crippen molar-refractivity contribution in [2.45, 2.75) is 64.5 Å². The van der Waals surface area contributed by atoms with Crippen LogP contribution >= 0.6 is 0 Å². The highest BCUT2D eigenvalue weighted by Crippen LogP contribution is 2.18. The molecule has 1 saturated carbocycles. The lowest BCUT2D eigenvalue weighted by Gasteiger charge is -2.19. The summed E-state index contributed by atoms with van der Waals surface area (Å²) in [6.45, 7) is 3.84. The van der Waals surface area contributed by atoms with Crippen LogP contribution in [0.3, 0.4) is 0 Å². The molecule has 0 aromatic heterocycles. The normalized spacial score (nSPS) is 16.2. The van der Waals surface area contributed by atoms with Gasteiger partial charge in [-0.15, -0.1) is 0 Å². The van der Waals surface area contributed by atoms with E-state index in [2.05, 4.69) is 5.32 Å². The second-order valence-electron chi connectivity index (χ2n) is 6.52. The predicted octanol–water partition coefficient (Wildman–Crippen LogP) is 3.23. The van der Waals surface area contributed by atoms with E-state index in [-0.39, 0.29) is 18.6 Å². The van der Waals surface area contributed by atoms with E-state index >= 15 is 0 Å². The van der Waals surface area contributed by atoms with E-state index in [1.165, 1.54) is 12.8 Å². The molecule has 1 atom stereocenters. The van der Waals surface area contributed by atoms with Gasteiger partial charge in [-0.05, 0) is 51.0 Å². The third-order valence-corrected chi connectivity index (χ3v) is 4.37. The summed E-state index contributed by atoms with van der Waals surface area (Å²) in [6, 6.07) is 7.17. The van der Waals surface area contributed by atoms with Crippen molar-refractivity contribution < 1.29 is 23.8 Å². The van der Waals surface area contributed by atoms with E-state index < -0.39 is 12.1 Å². The SMILES string of the molecule is CCOc1ccc(OCC(=O)O[C@H](C)C(=O)NC2CCCCCC2)cc1. The van der Waals surface area contributed by atoms with E-state index in [4.69, 9.17) is 14.2 Å². The summed E-state index contributed by atoms with van der Waals surface area (Å²) in [6.07, 6.45) is 5.87. The van der Waals surface area contributed by atoms with Crippen LogP contribution in [0.15, 0.2) is 24.3 Å². The summed E-state index contributed by atoms with van der Waals surface area (Å²) >= 11 is 0. The van der Waals surface area contributed by atoms with E-state index in [1.807, 2.05) is 6.92 Å². The Morgan fingerprint density at radius 3 is 2.19 bits per heavy atom. The molecule has 6 nitrogen and oxygen atoms in total. The lowest BCUT2D eigenvalue weighted by atomic mass is 10.1. The number of carbonyl (C=O) groups is 2. The number of esters is 1. The van der Waals surface area contributed by atoms with Gasteiger partial charge in [0.25, 0.3) is 5.91 Å². The molecular weight excluding hydrogens is 334 g/mol. The zero-order valence-corrected chi connectivity index (χ0v) is 15.7. The topological polar surface area (TPSA) is 73.9 Å². The highest BCUT2D eigenvalue weighted by molar-refractivity contribution is 5.83. The minimum absolute atomic E-state index is 0.186. The van der Waals surface area contributed by atoms with Gasteiger partial charge < -0.3 is 19.5 Å². The van der Waals surface area contributed by atoms with Crippen LogP contribution in [0, 0.1) is 0 Å². The molecule has 1 fully saturated rings. The van der Waals surface area contributed by atoms with E-state index in [9.17, 15) is 9.59 Å². The molecule has 0 aliphatic heterocycles. The van der Waals surface area contributed by atoms with Crippen molar-refractivity contribution in [1.29, 1.82) is 0 Å². The standard InChI is InChI=1S/C20H29NO5/c1-3-24-17-10-12-18(13-11-17)25-14-19(22)26-15(2)20(23)21-16-8-6-4-5-7-9-16/h10-13,15-16H,3-9,14H2,1-2H3,(H,21,23)/t15-/m1/s1. The average Bonchev–Trinajstić information content (AvgIpc) is 2.90. The lowest BCUT2D eigenvalue weighted by Crippen LogP contribution is -2.42. The number of carbonyl (C=O) groups excluding carboxylic acids is 2. The molecule has 0 heterocycles. The van der Waals surface area contributed by atoms with Gasteiger partial charge >= 0.3 is 5.97 Å². The molecule has 1 aliphatic rings. The van der Waals surface area contributed by atoms with Crippen molar-refractivity contribution in [2.24, 2.45) is 0 Å². The Kier molecular flexibility index (Phi) is 8.25. The van der Waals surface area contributed by atoms with Gasteiger partial charge in [0.05, 0.1) is 6.61 Å². The third-order valence-electron chi connectivity index (χ3n) is 4.37. The van der Waals surface area contributed by atoms with Crippen LogP contribution in [-0.4, -0.2) is 37.2 Å². The van der Waals surface area contributed by atoms with Crippen LogP contribution in [0.1, 0.15) is 52.4 Å². The molecule has 0 unspecified atom stereocenters. The Hall–Kier alpha value is -2.24. The molecular formula is C20H29NO5. The molecule has 2 rings (SSSR count). The van der Waals surface area contributed by atoms with Crippen LogP contribution in [0.4, 0.5) is 0 Å². The Morgan fingerprint density at radius 1 is 1.04 bits per heavy atom. The first-order chi connectivity index (χ1) is 12.6. The smallest absolute Gasteiger partial charge is 0.344 e. The van der Waals surface area contributed by atoms with Gasteiger partial charge in [0, 0.05) is 6.04 Å². The molecule has 0 spiro atoms. The number of nitrogens with one attached hydrogen (secondary N) is 1. The fourth-order valence-corrected chi connectivity index (χ4v) is 2.97. The van der Waals surface area contributed by atoms with E-state index in [0.717, 1.165) is 31.4 Å². The molecule has 0 bridgehead atoms. The quantitative estimate of drug-likeness (QED) is 0.567. The number of hydrogen-bond acceptors (Lipinski definition) is 5. The predicted molar refractivity (Wildman–Crippen MR) is 98.3 cm³/mol. The van der Waals surface area contributed by atoms with Crippen LogP contribution < -0.4 is 14.8 Å². The third kappa shape index (κ3) is 6.94. The summed E-state index contributed by atoms with van der Waals surface area (Å²) in [5.74, 6) is 0.473. The fourth-order valence-electron chi connectivity index (χ4n) is 2.97. The van der Waals surface area contributed by atoms with E-state index in [1.54, 1.807) is 31.2 Å². The number of ether oxygens (including phenoxy) is 3. The number of benzene rings is 1. The summed E-state index contributed by atoms with van der Waals surface area (Å²) in [5, 5.41) is 2.99. The van der Waals surface area contributed by atoms with Crippen molar-refractivity contribution >= 4 is 11.9 Å². The zero-order chi connectivity index (χ0) is 18.8. The Bertz CT molecular complexity index is 564. The molecule has 1 aromatic rings. The molecule has 1 N–H and O–H groups in total. The number of rotatable bonds is 8. The summed E-state index contributed by atoms with van der Waals surface area (Å²) in [5.41, 5.74) is 0. The fraction of sp³-hybridized carbons (Fsp3) is 0.600. The van der Waals surface area contributed by atoms with Crippen molar-refractivity contribution in [3.8, 4) is 11.5 Å². The minimum Gasteiger partial charge on any atom is -0.494 e. The monoisotopic (exact) mass is 363 g/mol. The van der Waals surface area contributed by atoms with Crippen LogP contribution in [0.25, 0.3) is 0 Å². The molecule has 6 heteroatoms. The van der Waals surface area contributed by atoms with Gasteiger partial charge in [-0.3, -0.25) is 4.79 Å². The molecule has 1 aliphatic carbocycles. The largest absolute Gasteiger partial charge is 0.494 e. The highest BCUT2D eigenvalue weighted by atomic mass is 16.6. The zero-order valence-electron chi connectivity index (χ0n) is 15.7. The Morgan fingerprint density at radius 2 is 1.62 bits per heavy atom. The van der Waals surface area contributed by atoms with Gasteiger partial charge in [-0.2, -0.15) is 0 Å². The van der Waals surface area contributed by atoms with Crippen molar-refractivity contribution in [1.82, 2.24) is 5.32 Å². The molecule has 26 heavy (non-hydrogen) atoms. The van der Waals surface area contributed by atoms with Crippen LogP contribution in [0.5, 0.6) is 11.5 Å². The summed E-state index contributed by atoms with van der Waals surface area (Å²) in [4.78, 5) is 24.1. The number of hydrogen-bond donors (Lipinski definition) is 1. The maximum Gasteiger partial charge on any atom is 0.344 e.